The molecule has 0 spiro atoms. The van der Waals surface area contributed by atoms with Gasteiger partial charge in [0.2, 0.25) is 0 Å². The van der Waals surface area contributed by atoms with Crippen LogP contribution in [0.5, 0.6) is 0 Å². The zero-order valence-electron chi connectivity index (χ0n) is 12.9. The van der Waals surface area contributed by atoms with Gasteiger partial charge in [0.05, 0.1) is 0 Å². The Morgan fingerprint density at radius 3 is 2.16 bits per heavy atom. The molecule has 1 nitrogen and oxygen atoms in total. The average Bonchev–Trinajstić information content (AvgIpc) is 3.20. The van der Waals surface area contributed by atoms with Gasteiger partial charge in [-0.1, -0.05) is 52.0 Å². The van der Waals surface area contributed by atoms with Crippen LogP contribution in [-0.2, 0) is 6.42 Å². The molecule has 1 fully saturated rings. The molecule has 1 N–H and O–H groups in total. The number of rotatable bonds is 7. The SMILES string of the molecule is CC(C)c1ccc(CC(C)C(C)CNC2CC2)cc1. The molecule has 19 heavy (non-hydrogen) atoms. The van der Waals surface area contributed by atoms with E-state index >= 15 is 0 Å². The average molecular weight is 259 g/mol. The van der Waals surface area contributed by atoms with Crippen LogP contribution >= 0.6 is 0 Å². The molecule has 0 amide bonds. The summed E-state index contributed by atoms with van der Waals surface area (Å²) in [5.74, 6) is 2.13. The first kappa shape index (κ1) is 14.6. The summed E-state index contributed by atoms with van der Waals surface area (Å²) in [4.78, 5) is 0. The largest absolute Gasteiger partial charge is 0.314 e. The van der Waals surface area contributed by atoms with Gasteiger partial charge >= 0.3 is 0 Å². The van der Waals surface area contributed by atoms with Crippen LogP contribution in [0, 0.1) is 11.8 Å². The molecule has 0 bridgehead atoms. The lowest BCUT2D eigenvalue weighted by Gasteiger charge is -2.20. The minimum atomic E-state index is 0.633. The minimum absolute atomic E-state index is 0.633. The second-order valence-corrected chi connectivity index (χ2v) is 6.74. The highest BCUT2D eigenvalue weighted by molar-refractivity contribution is 5.25. The normalized spacial score (nSPS) is 18.6. The predicted molar refractivity (Wildman–Crippen MR) is 83.6 cm³/mol. The van der Waals surface area contributed by atoms with E-state index in [0.29, 0.717) is 5.92 Å². The van der Waals surface area contributed by atoms with Crippen molar-refractivity contribution in [3.05, 3.63) is 35.4 Å². The Labute approximate surface area is 118 Å². The molecule has 1 aliphatic rings. The van der Waals surface area contributed by atoms with Crippen LogP contribution in [0.1, 0.15) is 57.6 Å². The molecule has 0 radical (unpaired) electrons. The van der Waals surface area contributed by atoms with Gasteiger partial charge in [0.25, 0.3) is 0 Å². The maximum atomic E-state index is 3.65. The van der Waals surface area contributed by atoms with Gasteiger partial charge in [-0.3, -0.25) is 0 Å². The summed E-state index contributed by atoms with van der Waals surface area (Å²) < 4.78 is 0. The highest BCUT2D eigenvalue weighted by Gasteiger charge is 2.22. The monoisotopic (exact) mass is 259 g/mol. The van der Waals surface area contributed by atoms with Crippen LogP contribution < -0.4 is 5.32 Å². The Morgan fingerprint density at radius 1 is 1.00 bits per heavy atom. The lowest BCUT2D eigenvalue weighted by molar-refractivity contribution is 0.364. The van der Waals surface area contributed by atoms with Crippen molar-refractivity contribution in [3.8, 4) is 0 Å². The Morgan fingerprint density at radius 2 is 1.63 bits per heavy atom. The van der Waals surface area contributed by atoms with Crippen molar-refractivity contribution < 1.29 is 0 Å². The first-order chi connectivity index (χ1) is 9.06. The van der Waals surface area contributed by atoms with Crippen LogP contribution in [0.25, 0.3) is 0 Å². The minimum Gasteiger partial charge on any atom is -0.314 e. The first-order valence-corrected chi connectivity index (χ1v) is 7.88. The van der Waals surface area contributed by atoms with Crippen LogP contribution in [0.15, 0.2) is 24.3 Å². The van der Waals surface area contributed by atoms with Crippen molar-refractivity contribution in [2.75, 3.05) is 6.54 Å². The maximum Gasteiger partial charge on any atom is 0.00683 e. The molecule has 0 aliphatic heterocycles. The Bertz CT molecular complexity index is 375. The zero-order valence-corrected chi connectivity index (χ0v) is 12.9. The molecule has 1 aliphatic carbocycles. The molecular weight excluding hydrogens is 230 g/mol. The molecule has 2 rings (SSSR count). The lowest BCUT2D eigenvalue weighted by Crippen LogP contribution is -2.27. The van der Waals surface area contributed by atoms with Crippen LogP contribution in [-0.4, -0.2) is 12.6 Å². The van der Waals surface area contributed by atoms with E-state index in [4.69, 9.17) is 0 Å². The van der Waals surface area contributed by atoms with Gasteiger partial charge in [-0.05, 0) is 54.7 Å². The van der Waals surface area contributed by atoms with E-state index in [-0.39, 0.29) is 0 Å². The third-order valence-electron chi connectivity index (χ3n) is 4.48. The van der Waals surface area contributed by atoms with Crippen molar-refractivity contribution in [1.29, 1.82) is 0 Å². The van der Waals surface area contributed by atoms with Gasteiger partial charge in [0.15, 0.2) is 0 Å². The van der Waals surface area contributed by atoms with Crippen molar-refractivity contribution >= 4 is 0 Å². The third-order valence-corrected chi connectivity index (χ3v) is 4.48. The van der Waals surface area contributed by atoms with Crippen LogP contribution in [0.3, 0.4) is 0 Å². The molecule has 1 aromatic carbocycles. The number of hydrogen-bond acceptors (Lipinski definition) is 1. The summed E-state index contributed by atoms with van der Waals surface area (Å²) >= 11 is 0. The fourth-order valence-electron chi connectivity index (χ4n) is 2.45. The van der Waals surface area contributed by atoms with E-state index in [0.717, 1.165) is 17.9 Å². The summed E-state index contributed by atoms with van der Waals surface area (Å²) in [5, 5.41) is 3.65. The molecule has 0 saturated heterocycles. The summed E-state index contributed by atoms with van der Waals surface area (Å²) in [7, 11) is 0. The van der Waals surface area contributed by atoms with E-state index in [2.05, 4.69) is 57.3 Å². The molecule has 0 heterocycles. The van der Waals surface area contributed by atoms with Crippen LogP contribution in [0.4, 0.5) is 0 Å². The summed E-state index contributed by atoms with van der Waals surface area (Å²) in [5.41, 5.74) is 2.93. The predicted octanol–water partition coefficient (Wildman–Crippen LogP) is 4.38. The highest BCUT2D eigenvalue weighted by Crippen LogP contribution is 2.22. The molecule has 1 aromatic rings. The van der Waals surface area contributed by atoms with Crippen molar-refractivity contribution in [2.24, 2.45) is 11.8 Å². The zero-order chi connectivity index (χ0) is 13.8. The van der Waals surface area contributed by atoms with Crippen molar-refractivity contribution in [2.45, 2.75) is 58.9 Å². The first-order valence-electron chi connectivity index (χ1n) is 7.88. The molecule has 1 heteroatoms. The fourth-order valence-corrected chi connectivity index (χ4v) is 2.45. The standard InChI is InChI=1S/C18H29N/c1-13(2)17-7-5-16(6-8-17)11-14(3)15(4)12-19-18-9-10-18/h5-8,13-15,18-19H,9-12H2,1-4H3. The van der Waals surface area contributed by atoms with E-state index in [1.807, 2.05) is 0 Å². The Hall–Kier alpha value is -0.820. The molecule has 0 aromatic heterocycles. The van der Waals surface area contributed by atoms with E-state index in [1.54, 1.807) is 0 Å². The van der Waals surface area contributed by atoms with Gasteiger partial charge in [0, 0.05) is 6.04 Å². The number of hydrogen-bond donors (Lipinski definition) is 1. The van der Waals surface area contributed by atoms with Gasteiger partial charge in [-0.2, -0.15) is 0 Å². The second-order valence-electron chi connectivity index (χ2n) is 6.74. The molecular formula is C18H29N. The number of nitrogens with one attached hydrogen (secondary N) is 1. The van der Waals surface area contributed by atoms with Gasteiger partial charge in [0.1, 0.15) is 0 Å². The van der Waals surface area contributed by atoms with Crippen molar-refractivity contribution in [3.63, 3.8) is 0 Å². The molecule has 2 atom stereocenters. The molecule has 2 unspecified atom stereocenters. The summed E-state index contributed by atoms with van der Waals surface area (Å²) in [6.45, 7) is 10.4. The Kier molecular flexibility index (Phi) is 5.04. The smallest absolute Gasteiger partial charge is 0.00683 e. The quantitative estimate of drug-likeness (QED) is 0.766. The Balaban J connectivity index is 1.81. The summed E-state index contributed by atoms with van der Waals surface area (Å²) in [6, 6.07) is 10.0. The molecule has 106 valence electrons. The topological polar surface area (TPSA) is 12.0 Å². The second kappa shape index (κ2) is 6.56. The highest BCUT2D eigenvalue weighted by atomic mass is 14.9. The summed E-state index contributed by atoms with van der Waals surface area (Å²) in [6.07, 6.45) is 3.97. The van der Waals surface area contributed by atoms with E-state index in [9.17, 15) is 0 Å². The number of benzene rings is 1. The third kappa shape index (κ3) is 4.65. The maximum absolute atomic E-state index is 3.65. The van der Waals surface area contributed by atoms with Gasteiger partial charge in [-0.15, -0.1) is 0 Å². The van der Waals surface area contributed by atoms with Gasteiger partial charge in [-0.25, -0.2) is 0 Å². The van der Waals surface area contributed by atoms with Crippen LogP contribution in [0.2, 0.25) is 0 Å². The van der Waals surface area contributed by atoms with Gasteiger partial charge < -0.3 is 5.32 Å². The van der Waals surface area contributed by atoms with E-state index in [1.165, 1.54) is 36.9 Å². The van der Waals surface area contributed by atoms with E-state index < -0.39 is 0 Å². The fraction of sp³-hybridized carbons (Fsp3) is 0.667. The van der Waals surface area contributed by atoms with Crippen molar-refractivity contribution in [1.82, 2.24) is 5.32 Å². The lowest BCUT2D eigenvalue weighted by atomic mass is 9.89. The molecule has 1 saturated carbocycles.